The van der Waals surface area contributed by atoms with Gasteiger partial charge in [0.25, 0.3) is 5.91 Å². The van der Waals surface area contributed by atoms with Crippen LogP contribution in [0.4, 0.5) is 0 Å². The van der Waals surface area contributed by atoms with E-state index in [-0.39, 0.29) is 34.9 Å². The summed E-state index contributed by atoms with van der Waals surface area (Å²) in [5, 5.41) is 9.14. The smallest absolute Gasteiger partial charge is 0.289 e. The van der Waals surface area contributed by atoms with Crippen molar-refractivity contribution >= 4 is 11.7 Å². The lowest BCUT2D eigenvalue weighted by Gasteiger charge is -2.29. The minimum Gasteiger partial charge on any atom is -0.455 e. The lowest BCUT2D eigenvalue weighted by Crippen LogP contribution is -2.39. The number of amides is 1. The van der Waals surface area contributed by atoms with Gasteiger partial charge >= 0.3 is 0 Å². The van der Waals surface area contributed by atoms with Gasteiger partial charge in [-0.2, -0.15) is 0 Å². The normalized spacial score (nSPS) is 16.7. The molecule has 1 aromatic heterocycles. The van der Waals surface area contributed by atoms with Crippen LogP contribution in [-0.4, -0.2) is 41.4 Å². The van der Waals surface area contributed by atoms with Crippen molar-refractivity contribution in [3.63, 3.8) is 0 Å². The first-order valence-electron chi connectivity index (χ1n) is 9.01. The molecular weight excluding hydrogens is 318 g/mol. The molecule has 0 fully saturated rings. The van der Waals surface area contributed by atoms with Crippen LogP contribution in [0.25, 0.3) is 0 Å². The van der Waals surface area contributed by atoms with Crippen molar-refractivity contribution < 1.29 is 19.1 Å². The quantitative estimate of drug-likeness (QED) is 0.881. The first-order valence-corrected chi connectivity index (χ1v) is 9.01. The maximum atomic E-state index is 13.1. The average molecular weight is 349 g/mol. The van der Waals surface area contributed by atoms with E-state index in [1.54, 1.807) is 11.8 Å². The lowest BCUT2D eigenvalue weighted by molar-refractivity contribution is 0.0645. The zero-order valence-corrected chi connectivity index (χ0v) is 16.4. The first-order chi connectivity index (χ1) is 11.4. The summed E-state index contributed by atoms with van der Waals surface area (Å²) in [5.74, 6) is 0.781. The molecule has 1 aliphatic carbocycles. The van der Waals surface area contributed by atoms with Crippen LogP contribution in [0.3, 0.4) is 0 Å². The van der Waals surface area contributed by atoms with Gasteiger partial charge in [0.05, 0.1) is 5.56 Å². The highest BCUT2D eigenvalue weighted by molar-refractivity contribution is 6.03. The van der Waals surface area contributed by atoms with Crippen LogP contribution in [0, 0.1) is 17.8 Å². The van der Waals surface area contributed by atoms with Crippen molar-refractivity contribution in [2.45, 2.75) is 60.8 Å². The summed E-state index contributed by atoms with van der Waals surface area (Å²) in [7, 11) is 0. The van der Waals surface area contributed by atoms with Crippen molar-refractivity contribution in [1.29, 1.82) is 0 Å². The molecule has 0 bridgehead atoms. The molecule has 2 rings (SSSR count). The van der Waals surface area contributed by atoms with Gasteiger partial charge in [0, 0.05) is 38.1 Å². The Morgan fingerprint density at radius 3 is 2.48 bits per heavy atom. The number of fused-ring (bicyclic) bond motifs is 1. The van der Waals surface area contributed by atoms with E-state index in [1.165, 1.54) is 0 Å². The SMILES string of the molecule is Cc1c(C(=O)N(CCCO)CC(C)(C)C)oc2c1C(=O)CC(C)(C)C2. The Kier molecular flexibility index (Phi) is 5.47. The van der Waals surface area contributed by atoms with Gasteiger partial charge in [0.2, 0.25) is 0 Å². The predicted octanol–water partition coefficient (Wildman–Crippen LogP) is 3.61. The summed E-state index contributed by atoms with van der Waals surface area (Å²) in [5.41, 5.74) is 1.05. The van der Waals surface area contributed by atoms with E-state index in [9.17, 15) is 9.59 Å². The second-order valence-electron chi connectivity index (χ2n) is 9.16. The molecule has 1 heterocycles. The molecule has 5 heteroatoms. The monoisotopic (exact) mass is 349 g/mol. The summed E-state index contributed by atoms with van der Waals surface area (Å²) in [6.45, 7) is 13.2. The highest BCUT2D eigenvalue weighted by Gasteiger charge is 2.38. The molecule has 0 spiro atoms. The lowest BCUT2D eigenvalue weighted by atomic mass is 9.76. The number of furan rings is 1. The van der Waals surface area contributed by atoms with Crippen LogP contribution in [0.15, 0.2) is 4.42 Å². The number of Topliss-reactive ketones (excluding diaryl/α,β-unsaturated/α-hetero) is 1. The zero-order valence-electron chi connectivity index (χ0n) is 16.4. The fraction of sp³-hybridized carbons (Fsp3) is 0.700. The molecule has 0 saturated carbocycles. The summed E-state index contributed by atoms with van der Waals surface area (Å²) in [6.07, 6.45) is 1.66. The van der Waals surface area contributed by atoms with Crippen LogP contribution in [0.1, 0.15) is 79.7 Å². The fourth-order valence-electron chi connectivity index (χ4n) is 3.52. The number of hydrogen-bond donors (Lipinski definition) is 1. The van der Waals surface area contributed by atoms with Gasteiger partial charge < -0.3 is 14.4 Å². The average Bonchev–Trinajstić information content (AvgIpc) is 2.76. The number of hydrogen-bond acceptors (Lipinski definition) is 4. The van der Waals surface area contributed by atoms with E-state index in [0.717, 1.165) is 0 Å². The topological polar surface area (TPSA) is 70.8 Å². The molecule has 0 unspecified atom stereocenters. The Labute approximate surface area is 150 Å². The van der Waals surface area contributed by atoms with Crippen molar-refractivity contribution in [3.05, 3.63) is 22.6 Å². The second-order valence-corrected chi connectivity index (χ2v) is 9.16. The number of nitrogens with zero attached hydrogens (tertiary/aromatic N) is 1. The number of aliphatic hydroxyl groups is 1. The molecule has 0 saturated heterocycles. The van der Waals surface area contributed by atoms with Gasteiger partial charge in [-0.3, -0.25) is 9.59 Å². The summed E-state index contributed by atoms with van der Waals surface area (Å²) >= 11 is 0. The van der Waals surface area contributed by atoms with E-state index in [2.05, 4.69) is 20.8 Å². The number of carbonyl (C=O) groups excluding carboxylic acids is 2. The highest BCUT2D eigenvalue weighted by atomic mass is 16.4. The van der Waals surface area contributed by atoms with Gasteiger partial charge in [0.1, 0.15) is 5.76 Å². The predicted molar refractivity (Wildman–Crippen MR) is 96.9 cm³/mol. The van der Waals surface area contributed by atoms with Crippen LogP contribution in [0.2, 0.25) is 0 Å². The third-order valence-electron chi connectivity index (χ3n) is 4.51. The van der Waals surface area contributed by atoms with Gasteiger partial charge in [-0.1, -0.05) is 34.6 Å². The van der Waals surface area contributed by atoms with E-state index < -0.39 is 0 Å². The Balaban J connectivity index is 2.36. The number of rotatable bonds is 5. The Morgan fingerprint density at radius 1 is 1.28 bits per heavy atom. The summed E-state index contributed by atoms with van der Waals surface area (Å²) in [4.78, 5) is 27.3. The standard InChI is InChI=1S/C20H31NO4/c1-13-16-14(23)10-20(5,6)11-15(16)25-17(13)18(24)21(8-7-9-22)12-19(2,3)4/h22H,7-12H2,1-6H3. The van der Waals surface area contributed by atoms with E-state index in [0.29, 0.717) is 49.2 Å². The maximum Gasteiger partial charge on any atom is 0.289 e. The van der Waals surface area contributed by atoms with Crippen molar-refractivity contribution in [2.24, 2.45) is 10.8 Å². The minimum atomic E-state index is -0.194. The maximum absolute atomic E-state index is 13.1. The Hall–Kier alpha value is -1.62. The Bertz CT molecular complexity index is 664. The number of ketones is 1. The third-order valence-corrected chi connectivity index (χ3v) is 4.51. The van der Waals surface area contributed by atoms with Crippen molar-refractivity contribution in [2.75, 3.05) is 19.7 Å². The van der Waals surface area contributed by atoms with Gasteiger partial charge in [-0.15, -0.1) is 0 Å². The Morgan fingerprint density at radius 2 is 1.92 bits per heavy atom. The largest absolute Gasteiger partial charge is 0.455 e. The molecule has 1 aromatic rings. The van der Waals surface area contributed by atoms with Crippen LogP contribution in [-0.2, 0) is 6.42 Å². The second kappa shape index (κ2) is 6.94. The van der Waals surface area contributed by atoms with Crippen LogP contribution >= 0.6 is 0 Å². The van der Waals surface area contributed by atoms with Crippen molar-refractivity contribution in [3.8, 4) is 0 Å². The molecule has 0 atom stereocenters. The van der Waals surface area contributed by atoms with Gasteiger partial charge in [-0.25, -0.2) is 0 Å². The zero-order chi connectivity index (χ0) is 19.0. The van der Waals surface area contributed by atoms with Crippen LogP contribution in [0.5, 0.6) is 0 Å². The molecule has 1 amide bonds. The number of aliphatic hydroxyl groups excluding tert-OH is 1. The summed E-state index contributed by atoms with van der Waals surface area (Å²) < 4.78 is 5.91. The highest BCUT2D eigenvalue weighted by Crippen LogP contribution is 2.38. The van der Waals surface area contributed by atoms with Crippen molar-refractivity contribution in [1.82, 2.24) is 4.90 Å². The number of carbonyl (C=O) groups is 2. The van der Waals surface area contributed by atoms with Gasteiger partial charge in [0.15, 0.2) is 11.5 Å². The molecular formula is C20H31NO4. The van der Waals surface area contributed by atoms with Gasteiger partial charge in [-0.05, 0) is 24.2 Å². The molecule has 5 nitrogen and oxygen atoms in total. The molecule has 0 radical (unpaired) electrons. The fourth-order valence-corrected chi connectivity index (χ4v) is 3.52. The molecule has 0 aliphatic heterocycles. The molecule has 1 N–H and O–H groups in total. The molecule has 140 valence electrons. The van der Waals surface area contributed by atoms with E-state index >= 15 is 0 Å². The van der Waals surface area contributed by atoms with E-state index in [1.807, 2.05) is 13.8 Å². The summed E-state index contributed by atoms with van der Waals surface area (Å²) in [6, 6.07) is 0. The third kappa shape index (κ3) is 4.51. The minimum absolute atomic E-state index is 0.0359. The molecule has 25 heavy (non-hydrogen) atoms. The molecule has 1 aliphatic rings. The first kappa shape index (κ1) is 19.7. The molecule has 0 aromatic carbocycles. The van der Waals surface area contributed by atoms with Crippen LogP contribution < -0.4 is 0 Å². The van der Waals surface area contributed by atoms with E-state index in [4.69, 9.17) is 9.52 Å².